The Hall–Kier alpha value is -1.93. The lowest BCUT2D eigenvalue weighted by molar-refractivity contribution is -0.137. The van der Waals surface area contributed by atoms with Crippen LogP contribution < -0.4 is 0 Å². The summed E-state index contributed by atoms with van der Waals surface area (Å²) in [4.78, 5) is 21.9. The molecule has 0 heterocycles. The number of carbonyl (C=O) groups is 2. The fraction of sp³-hybridized carbons (Fsp3) is 0.333. The minimum absolute atomic E-state index is 0.237. The van der Waals surface area contributed by atoms with E-state index < -0.39 is 28.5 Å². The number of carboxylic acids is 1. The molecule has 0 aliphatic carbocycles. The summed E-state index contributed by atoms with van der Waals surface area (Å²) in [7, 11) is -1.34. The lowest BCUT2D eigenvalue weighted by Crippen LogP contribution is -2.32. The van der Waals surface area contributed by atoms with Gasteiger partial charge in [0.15, 0.2) is 0 Å². The first-order valence-electron chi connectivity index (χ1n) is 5.59. The molecule has 0 atom stereocenters. The Labute approximate surface area is 116 Å². The van der Waals surface area contributed by atoms with E-state index in [2.05, 4.69) is 4.74 Å². The number of benzene rings is 1. The molecule has 0 saturated heterocycles. The summed E-state index contributed by atoms with van der Waals surface area (Å²) in [5, 5.41) is 8.59. The molecule has 0 aliphatic heterocycles. The smallest absolute Gasteiger partial charge is 0.337 e. The van der Waals surface area contributed by atoms with Crippen LogP contribution in [-0.4, -0.2) is 50.5 Å². The molecule has 0 radical (unpaired) electrons. The summed E-state index contributed by atoms with van der Waals surface area (Å²) < 4.78 is 29.2. The number of carbonyl (C=O) groups excluding carboxylic acids is 1. The van der Waals surface area contributed by atoms with Gasteiger partial charge in [-0.1, -0.05) is 12.1 Å². The second-order valence-electron chi connectivity index (χ2n) is 4.10. The van der Waals surface area contributed by atoms with E-state index in [9.17, 15) is 18.0 Å². The van der Waals surface area contributed by atoms with Crippen LogP contribution in [0.25, 0.3) is 0 Å². The van der Waals surface area contributed by atoms with Crippen LogP contribution in [0.5, 0.6) is 0 Å². The highest BCUT2D eigenvalue weighted by Crippen LogP contribution is 2.12. The van der Waals surface area contributed by atoms with Crippen molar-refractivity contribution >= 4 is 22.0 Å². The molecule has 0 fully saturated rings. The van der Waals surface area contributed by atoms with E-state index in [4.69, 9.17) is 5.11 Å². The molecule has 0 aromatic heterocycles. The molecule has 8 heteroatoms. The van der Waals surface area contributed by atoms with Crippen molar-refractivity contribution in [2.24, 2.45) is 0 Å². The normalized spacial score (nSPS) is 11.3. The Kier molecular flexibility index (Phi) is 5.23. The number of aliphatic carboxylic acids is 1. The second kappa shape index (κ2) is 6.49. The van der Waals surface area contributed by atoms with Gasteiger partial charge in [-0.25, -0.2) is 13.2 Å². The molecule has 7 nitrogen and oxygen atoms in total. The van der Waals surface area contributed by atoms with Crippen LogP contribution in [0.1, 0.15) is 15.9 Å². The van der Waals surface area contributed by atoms with Crippen LogP contribution in [0.15, 0.2) is 24.3 Å². The van der Waals surface area contributed by atoms with Crippen molar-refractivity contribution in [2.75, 3.05) is 20.7 Å². The summed E-state index contributed by atoms with van der Waals surface area (Å²) in [6, 6.07) is 5.98. The molecule has 0 aliphatic rings. The van der Waals surface area contributed by atoms with E-state index in [0.717, 1.165) is 4.31 Å². The number of hydrogen-bond donors (Lipinski definition) is 1. The molecule has 0 saturated carbocycles. The first kappa shape index (κ1) is 16.1. The van der Waals surface area contributed by atoms with Crippen LogP contribution in [0.4, 0.5) is 0 Å². The number of ether oxygens (including phenoxy) is 1. The molecular formula is C12H15NO6S. The van der Waals surface area contributed by atoms with Gasteiger partial charge in [0.2, 0.25) is 10.0 Å². The predicted molar refractivity (Wildman–Crippen MR) is 70.7 cm³/mol. The molecule has 1 aromatic rings. The zero-order chi connectivity index (χ0) is 15.3. The Morgan fingerprint density at radius 3 is 2.55 bits per heavy atom. The molecule has 0 amide bonds. The fourth-order valence-electron chi connectivity index (χ4n) is 1.52. The maximum atomic E-state index is 11.9. The van der Waals surface area contributed by atoms with Gasteiger partial charge < -0.3 is 9.84 Å². The SMILES string of the molecule is COC(=O)c1cccc(CS(=O)(=O)N(C)CC(=O)O)c1. The molecule has 20 heavy (non-hydrogen) atoms. The summed E-state index contributed by atoms with van der Waals surface area (Å²) in [6.45, 7) is -0.612. The van der Waals surface area contributed by atoms with Crippen molar-refractivity contribution in [3.8, 4) is 0 Å². The molecule has 0 unspecified atom stereocenters. The number of nitrogens with zero attached hydrogens (tertiary/aromatic N) is 1. The minimum atomic E-state index is -3.76. The number of rotatable bonds is 6. The first-order valence-corrected chi connectivity index (χ1v) is 7.20. The van der Waals surface area contributed by atoms with Gasteiger partial charge in [0.05, 0.1) is 18.4 Å². The highest BCUT2D eigenvalue weighted by Gasteiger charge is 2.21. The van der Waals surface area contributed by atoms with Gasteiger partial charge in [0.25, 0.3) is 0 Å². The van der Waals surface area contributed by atoms with Crippen LogP contribution in [-0.2, 0) is 25.3 Å². The van der Waals surface area contributed by atoms with E-state index in [0.29, 0.717) is 5.56 Å². The van der Waals surface area contributed by atoms with Gasteiger partial charge >= 0.3 is 11.9 Å². The van der Waals surface area contributed by atoms with Crippen LogP contribution in [0.2, 0.25) is 0 Å². The Balaban J connectivity index is 2.92. The molecule has 0 bridgehead atoms. The zero-order valence-corrected chi connectivity index (χ0v) is 11.9. The van der Waals surface area contributed by atoms with Crippen molar-refractivity contribution < 1.29 is 27.9 Å². The summed E-state index contributed by atoms with van der Waals surface area (Å²) >= 11 is 0. The maximum absolute atomic E-state index is 11.9. The van der Waals surface area contributed by atoms with E-state index in [1.807, 2.05) is 0 Å². The van der Waals surface area contributed by atoms with Gasteiger partial charge in [0.1, 0.15) is 6.54 Å². The number of methoxy groups -OCH3 is 1. The monoisotopic (exact) mass is 301 g/mol. The standard InChI is InChI=1S/C12H15NO6S/c1-13(7-11(14)15)20(17,18)8-9-4-3-5-10(6-9)12(16)19-2/h3-6H,7-8H2,1-2H3,(H,14,15). The van der Waals surface area contributed by atoms with Gasteiger partial charge in [0, 0.05) is 7.05 Å². The maximum Gasteiger partial charge on any atom is 0.337 e. The van der Waals surface area contributed by atoms with Gasteiger partial charge in [-0.15, -0.1) is 0 Å². The van der Waals surface area contributed by atoms with Crippen molar-refractivity contribution in [1.82, 2.24) is 4.31 Å². The zero-order valence-electron chi connectivity index (χ0n) is 11.1. The van der Waals surface area contributed by atoms with Crippen LogP contribution in [0.3, 0.4) is 0 Å². The highest BCUT2D eigenvalue weighted by atomic mass is 32.2. The van der Waals surface area contributed by atoms with Crippen molar-refractivity contribution in [3.63, 3.8) is 0 Å². The third-order valence-corrected chi connectivity index (χ3v) is 4.31. The first-order chi connectivity index (χ1) is 9.26. The topological polar surface area (TPSA) is 101 Å². The quantitative estimate of drug-likeness (QED) is 0.759. The van der Waals surface area contributed by atoms with Crippen molar-refractivity contribution in [3.05, 3.63) is 35.4 Å². The Bertz CT molecular complexity index is 610. The molecule has 1 rings (SSSR count). The largest absolute Gasteiger partial charge is 0.480 e. The number of hydrogen-bond acceptors (Lipinski definition) is 5. The molecule has 0 spiro atoms. The fourth-order valence-corrected chi connectivity index (χ4v) is 2.64. The third-order valence-electron chi connectivity index (χ3n) is 2.53. The van der Waals surface area contributed by atoms with Crippen LogP contribution in [0, 0.1) is 0 Å². The number of esters is 1. The molecular weight excluding hydrogens is 286 g/mol. The minimum Gasteiger partial charge on any atom is -0.480 e. The highest BCUT2D eigenvalue weighted by molar-refractivity contribution is 7.88. The average Bonchev–Trinajstić information content (AvgIpc) is 2.36. The van der Waals surface area contributed by atoms with Gasteiger partial charge in [-0.3, -0.25) is 4.79 Å². The lowest BCUT2D eigenvalue weighted by atomic mass is 10.1. The van der Waals surface area contributed by atoms with Gasteiger partial charge in [-0.2, -0.15) is 4.31 Å². The Morgan fingerprint density at radius 2 is 2.00 bits per heavy atom. The predicted octanol–water partition coefficient (Wildman–Crippen LogP) is 0.319. The van der Waals surface area contributed by atoms with E-state index in [1.165, 1.54) is 32.4 Å². The van der Waals surface area contributed by atoms with E-state index in [1.54, 1.807) is 6.07 Å². The summed E-state index contributed by atoms with van der Waals surface area (Å²) in [5.74, 6) is -2.19. The Morgan fingerprint density at radius 1 is 1.35 bits per heavy atom. The van der Waals surface area contributed by atoms with E-state index in [-0.39, 0.29) is 11.3 Å². The summed E-state index contributed by atoms with van der Waals surface area (Å²) in [5.41, 5.74) is 0.617. The van der Waals surface area contributed by atoms with Crippen molar-refractivity contribution in [2.45, 2.75) is 5.75 Å². The van der Waals surface area contributed by atoms with Gasteiger partial charge in [-0.05, 0) is 17.7 Å². The van der Waals surface area contributed by atoms with Crippen LogP contribution >= 0.6 is 0 Å². The lowest BCUT2D eigenvalue weighted by Gasteiger charge is -2.15. The number of likely N-dealkylation sites (N-methyl/N-ethyl adjacent to an activating group) is 1. The molecule has 1 aromatic carbocycles. The second-order valence-corrected chi connectivity index (χ2v) is 6.17. The molecule has 1 N–H and O–H groups in total. The average molecular weight is 301 g/mol. The van der Waals surface area contributed by atoms with Crippen molar-refractivity contribution in [1.29, 1.82) is 0 Å². The van der Waals surface area contributed by atoms with E-state index >= 15 is 0 Å². The summed E-state index contributed by atoms with van der Waals surface area (Å²) in [6.07, 6.45) is 0. The molecule has 110 valence electrons. The number of sulfonamides is 1. The third kappa shape index (κ3) is 4.32. The number of carboxylic acid groups (broad SMARTS) is 1.